The second-order valence-electron chi connectivity index (χ2n) is 9.61. The minimum Gasteiger partial charge on any atom is -0.478 e. The number of unbranched alkanes of at least 4 members (excludes halogenated alkanes) is 2. The summed E-state index contributed by atoms with van der Waals surface area (Å²) < 4.78 is 17.8. The maximum absolute atomic E-state index is 12.1. The molecule has 9 nitrogen and oxygen atoms in total. The van der Waals surface area contributed by atoms with E-state index in [0.717, 1.165) is 31.2 Å². The van der Waals surface area contributed by atoms with E-state index in [1.54, 1.807) is 13.0 Å². The number of carboxylic acids is 1. The predicted octanol–water partition coefficient (Wildman–Crippen LogP) is 6.21. The zero-order valence-electron chi connectivity index (χ0n) is 22.5. The number of benzene rings is 2. The molecule has 0 aromatic heterocycles. The van der Waals surface area contributed by atoms with Gasteiger partial charge in [0.05, 0.1) is 42.0 Å². The number of rotatable bonds is 15. The number of hydrogen-bond acceptors (Lipinski definition) is 7. The highest BCUT2D eigenvalue weighted by Crippen LogP contribution is 2.42. The van der Waals surface area contributed by atoms with E-state index in [-0.39, 0.29) is 30.1 Å². The van der Waals surface area contributed by atoms with Crippen molar-refractivity contribution >= 4 is 17.6 Å². The minimum absolute atomic E-state index is 0.00181. The monoisotopic (exact) mass is 539 g/mol. The number of nitrogens with zero attached hydrogens (tertiary/aromatic N) is 1. The summed E-state index contributed by atoms with van der Waals surface area (Å²) in [5, 5.41) is 21.4. The molecule has 1 aliphatic heterocycles. The predicted molar refractivity (Wildman–Crippen MR) is 146 cm³/mol. The van der Waals surface area contributed by atoms with Crippen molar-refractivity contribution < 1.29 is 33.8 Å². The van der Waals surface area contributed by atoms with E-state index in [9.17, 15) is 24.8 Å². The van der Waals surface area contributed by atoms with Gasteiger partial charge in [-0.3, -0.25) is 10.1 Å². The van der Waals surface area contributed by atoms with E-state index >= 15 is 0 Å². The highest BCUT2D eigenvalue weighted by molar-refractivity contribution is 5.90. The number of esters is 1. The number of carbonyl (C=O) groups is 2. The molecule has 0 bridgehead atoms. The smallest absolute Gasteiger partial charge is 0.335 e. The molecule has 2 aromatic rings. The molecule has 0 saturated carbocycles. The van der Waals surface area contributed by atoms with Gasteiger partial charge in [-0.1, -0.05) is 62.6 Å². The van der Waals surface area contributed by atoms with Gasteiger partial charge in [0, 0.05) is 24.1 Å². The maximum atomic E-state index is 12.1. The Bertz CT molecular complexity index is 1130. The largest absolute Gasteiger partial charge is 0.478 e. The molecule has 0 radical (unpaired) electrons. The molecule has 0 amide bonds. The van der Waals surface area contributed by atoms with Gasteiger partial charge in [-0.2, -0.15) is 0 Å². The Morgan fingerprint density at radius 2 is 1.95 bits per heavy atom. The van der Waals surface area contributed by atoms with Gasteiger partial charge in [0.1, 0.15) is 0 Å². The Morgan fingerprint density at radius 3 is 2.62 bits per heavy atom. The summed E-state index contributed by atoms with van der Waals surface area (Å²) in [4.78, 5) is 34.9. The fourth-order valence-corrected chi connectivity index (χ4v) is 4.97. The number of non-ortho nitro benzene ring substituents is 1. The van der Waals surface area contributed by atoms with Crippen molar-refractivity contribution in [3.63, 3.8) is 0 Å². The van der Waals surface area contributed by atoms with Crippen LogP contribution in [0, 0.1) is 10.1 Å². The van der Waals surface area contributed by atoms with Crippen molar-refractivity contribution in [2.45, 2.75) is 83.2 Å². The second-order valence-corrected chi connectivity index (χ2v) is 9.61. The van der Waals surface area contributed by atoms with E-state index in [1.807, 2.05) is 30.3 Å². The number of nitro benzene ring substituents is 1. The zero-order chi connectivity index (χ0) is 28.2. The number of carboxylic acid groups (broad SMARTS) is 1. The van der Waals surface area contributed by atoms with Gasteiger partial charge in [-0.25, -0.2) is 9.59 Å². The lowest BCUT2D eigenvalue weighted by atomic mass is 9.85. The van der Waals surface area contributed by atoms with Gasteiger partial charge in [-0.05, 0) is 43.4 Å². The molecular weight excluding hydrogens is 502 g/mol. The molecule has 2 aromatic carbocycles. The Morgan fingerprint density at radius 1 is 1.18 bits per heavy atom. The molecule has 0 unspecified atom stereocenters. The summed E-state index contributed by atoms with van der Waals surface area (Å²) in [5.74, 6) is -2.08. The molecular formula is C30H37NO8. The first-order valence-corrected chi connectivity index (χ1v) is 13.5. The molecule has 1 N–H and O–H groups in total. The van der Waals surface area contributed by atoms with E-state index < -0.39 is 28.9 Å². The lowest BCUT2D eigenvalue weighted by Gasteiger charge is -2.24. The van der Waals surface area contributed by atoms with Crippen LogP contribution in [0.25, 0.3) is 0 Å². The molecule has 1 saturated heterocycles. The van der Waals surface area contributed by atoms with Gasteiger partial charge in [0.2, 0.25) is 0 Å². The summed E-state index contributed by atoms with van der Waals surface area (Å²) in [7, 11) is 0. The van der Waals surface area contributed by atoms with Gasteiger partial charge in [0.25, 0.3) is 5.69 Å². The van der Waals surface area contributed by atoms with Crippen LogP contribution in [0.3, 0.4) is 0 Å². The van der Waals surface area contributed by atoms with Crippen LogP contribution in [0.15, 0.2) is 60.7 Å². The average Bonchev–Trinajstić information content (AvgIpc) is 3.34. The highest BCUT2D eigenvalue weighted by Gasteiger charge is 2.41. The normalized spacial score (nSPS) is 19.7. The number of ether oxygens (including phenoxy) is 3. The van der Waals surface area contributed by atoms with Crippen molar-refractivity contribution in [1.29, 1.82) is 0 Å². The standard InChI is InChI=1S/C30H37NO8/c1-3-5-7-13-27(38-20-21-11-8-6-9-12-21)28-19-25(26(39-28)14-10-15-29(32)37-4-2)24-18-22(31(35)36)16-17-23(24)30(33)34/h6,8-12,15-18,25-28H,3-5,7,13-14,19-20H2,1-2H3,(H,33,34)/b15-10+/t25-,26-,27+,28+/m0/s1. The fourth-order valence-electron chi connectivity index (χ4n) is 4.97. The van der Waals surface area contributed by atoms with Crippen molar-refractivity contribution in [3.8, 4) is 0 Å². The molecule has 3 rings (SSSR count). The number of nitro groups is 1. The van der Waals surface area contributed by atoms with E-state index in [0.29, 0.717) is 25.0 Å². The number of hydrogen-bond donors (Lipinski definition) is 1. The van der Waals surface area contributed by atoms with Crippen molar-refractivity contribution in [2.24, 2.45) is 0 Å². The van der Waals surface area contributed by atoms with Crippen LogP contribution < -0.4 is 0 Å². The van der Waals surface area contributed by atoms with Crippen LogP contribution in [0.2, 0.25) is 0 Å². The zero-order valence-corrected chi connectivity index (χ0v) is 22.5. The topological polar surface area (TPSA) is 125 Å². The number of aromatic carboxylic acids is 1. The Hall–Kier alpha value is -3.56. The molecule has 1 aliphatic rings. The van der Waals surface area contributed by atoms with Gasteiger partial charge >= 0.3 is 11.9 Å². The number of carbonyl (C=O) groups excluding carboxylic acids is 1. The van der Waals surface area contributed by atoms with Gasteiger partial charge in [0.15, 0.2) is 0 Å². The van der Waals surface area contributed by atoms with Crippen molar-refractivity contribution in [3.05, 3.63) is 87.5 Å². The van der Waals surface area contributed by atoms with Crippen LogP contribution in [-0.4, -0.2) is 46.9 Å². The van der Waals surface area contributed by atoms with E-state index in [4.69, 9.17) is 14.2 Å². The molecule has 0 aliphatic carbocycles. The third kappa shape index (κ3) is 8.73. The summed E-state index contributed by atoms with van der Waals surface area (Å²) >= 11 is 0. The van der Waals surface area contributed by atoms with Crippen LogP contribution in [0.5, 0.6) is 0 Å². The Balaban J connectivity index is 1.91. The van der Waals surface area contributed by atoms with Gasteiger partial charge < -0.3 is 19.3 Å². The SMILES string of the molecule is CCCCC[C@@H](OCc1ccccc1)[C@H]1C[C@@H](c2cc([N+](=O)[O-])ccc2C(=O)O)[C@H](C/C=C/C(=O)OCC)O1. The molecule has 4 atom stereocenters. The van der Waals surface area contributed by atoms with Crippen LogP contribution in [-0.2, 0) is 25.6 Å². The van der Waals surface area contributed by atoms with Gasteiger partial charge in [-0.15, -0.1) is 0 Å². The molecule has 9 heteroatoms. The summed E-state index contributed by atoms with van der Waals surface area (Å²) in [5.41, 5.74) is 1.21. The minimum atomic E-state index is -1.16. The maximum Gasteiger partial charge on any atom is 0.335 e. The first-order valence-electron chi connectivity index (χ1n) is 13.5. The average molecular weight is 540 g/mol. The lowest BCUT2D eigenvalue weighted by Crippen LogP contribution is -2.29. The van der Waals surface area contributed by atoms with Crippen LogP contribution in [0.1, 0.15) is 79.8 Å². The van der Waals surface area contributed by atoms with Crippen LogP contribution >= 0.6 is 0 Å². The van der Waals surface area contributed by atoms with Crippen molar-refractivity contribution in [2.75, 3.05) is 6.61 Å². The third-order valence-corrected chi connectivity index (χ3v) is 6.88. The lowest BCUT2D eigenvalue weighted by molar-refractivity contribution is -0.384. The molecule has 1 heterocycles. The first-order chi connectivity index (χ1) is 18.8. The Kier molecular flexibility index (Phi) is 11.6. The highest BCUT2D eigenvalue weighted by atomic mass is 16.6. The first kappa shape index (κ1) is 30.0. The quantitative estimate of drug-likeness (QED) is 0.0931. The summed E-state index contributed by atoms with van der Waals surface area (Å²) in [6.45, 7) is 4.51. The molecule has 210 valence electrons. The van der Waals surface area contributed by atoms with E-state index in [1.165, 1.54) is 24.3 Å². The Labute approximate surface area is 228 Å². The molecule has 0 spiro atoms. The summed E-state index contributed by atoms with van der Waals surface area (Å²) in [6, 6.07) is 13.6. The molecule has 1 fully saturated rings. The second kappa shape index (κ2) is 15.1. The summed E-state index contributed by atoms with van der Waals surface area (Å²) in [6.07, 6.45) is 6.43. The van der Waals surface area contributed by atoms with E-state index in [2.05, 4.69) is 6.92 Å². The third-order valence-electron chi connectivity index (χ3n) is 6.88. The molecule has 39 heavy (non-hydrogen) atoms. The van der Waals surface area contributed by atoms with Crippen LogP contribution in [0.4, 0.5) is 5.69 Å². The van der Waals surface area contributed by atoms with Crippen molar-refractivity contribution in [1.82, 2.24) is 0 Å². The fraction of sp³-hybridized carbons (Fsp3) is 0.467.